The van der Waals surface area contributed by atoms with Crippen molar-refractivity contribution in [3.05, 3.63) is 72.7 Å². The molecule has 2 aromatic carbocycles. The highest BCUT2D eigenvalue weighted by Crippen LogP contribution is 2.34. The molecule has 0 amide bonds. The van der Waals surface area contributed by atoms with E-state index in [1.165, 1.54) is 6.33 Å². The number of anilines is 1. The van der Waals surface area contributed by atoms with Gasteiger partial charge in [0, 0.05) is 18.4 Å². The molecule has 0 saturated carbocycles. The summed E-state index contributed by atoms with van der Waals surface area (Å²) in [5, 5.41) is 3.93. The molecule has 0 atom stereocenters. The molecule has 7 nitrogen and oxygen atoms in total. The summed E-state index contributed by atoms with van der Waals surface area (Å²) >= 11 is 0. The van der Waals surface area contributed by atoms with Crippen molar-refractivity contribution in [3.8, 4) is 28.7 Å². The molecule has 0 unspecified atom stereocenters. The summed E-state index contributed by atoms with van der Waals surface area (Å²) in [6.07, 6.45) is 3.50. The fourth-order valence-corrected chi connectivity index (χ4v) is 3.47. The second-order valence-electron chi connectivity index (χ2n) is 7.35. The van der Waals surface area contributed by atoms with Crippen LogP contribution in [0.2, 0.25) is 0 Å². The first-order valence-electron chi connectivity index (χ1n) is 10.9. The average Bonchev–Trinajstić information content (AvgIpc) is 3.23. The van der Waals surface area contributed by atoms with Gasteiger partial charge in [0.25, 0.3) is 0 Å². The van der Waals surface area contributed by atoms with E-state index in [1.54, 1.807) is 0 Å². The molecule has 2 heterocycles. The summed E-state index contributed by atoms with van der Waals surface area (Å²) in [6, 6.07) is 18.1. The summed E-state index contributed by atoms with van der Waals surface area (Å²) < 4.78 is 13.3. The van der Waals surface area contributed by atoms with E-state index < -0.39 is 0 Å². The number of nitrogens with two attached hydrogens (primary N) is 1. The van der Waals surface area contributed by atoms with Crippen LogP contribution in [0.25, 0.3) is 22.2 Å². The zero-order chi connectivity index (χ0) is 22.9. The predicted octanol–water partition coefficient (Wildman–Crippen LogP) is 3.85. The van der Waals surface area contributed by atoms with Crippen LogP contribution >= 0.6 is 0 Å². The smallest absolute Gasteiger partial charge is 0.146 e. The highest BCUT2D eigenvalue weighted by Gasteiger charge is 2.15. The number of rotatable bonds is 9. The Balaban J connectivity index is 1.56. The molecule has 0 aliphatic rings. The SMILES string of the molecule is CCOCNCC#CCn1cc(-c2cccc(OCc3ccccc3)c2)c2c(N)ncnc21. The number of nitrogen functional groups attached to an aromatic ring is 1. The zero-order valence-corrected chi connectivity index (χ0v) is 18.6. The van der Waals surface area contributed by atoms with E-state index in [1.807, 2.05) is 72.3 Å². The van der Waals surface area contributed by atoms with Crippen LogP contribution in [0.1, 0.15) is 12.5 Å². The number of hydrogen-bond acceptors (Lipinski definition) is 6. The van der Waals surface area contributed by atoms with Gasteiger partial charge in [0.15, 0.2) is 0 Å². The molecule has 0 radical (unpaired) electrons. The Kier molecular flexibility index (Phi) is 7.54. The van der Waals surface area contributed by atoms with Gasteiger partial charge in [-0.15, -0.1) is 0 Å². The van der Waals surface area contributed by atoms with Crippen LogP contribution in [0.5, 0.6) is 5.75 Å². The number of nitrogens with zero attached hydrogens (tertiary/aromatic N) is 3. The topological polar surface area (TPSA) is 87.2 Å². The largest absolute Gasteiger partial charge is 0.489 e. The summed E-state index contributed by atoms with van der Waals surface area (Å²) in [7, 11) is 0. The molecule has 3 N–H and O–H groups in total. The Labute approximate surface area is 193 Å². The first kappa shape index (κ1) is 22.3. The molecule has 0 spiro atoms. The van der Waals surface area contributed by atoms with Crippen molar-refractivity contribution in [2.24, 2.45) is 0 Å². The van der Waals surface area contributed by atoms with E-state index in [0.717, 1.165) is 33.5 Å². The van der Waals surface area contributed by atoms with Crippen LogP contribution < -0.4 is 15.8 Å². The molecule has 33 heavy (non-hydrogen) atoms. The summed E-state index contributed by atoms with van der Waals surface area (Å²) in [6.45, 7) is 4.69. The quantitative estimate of drug-likeness (QED) is 0.233. The first-order chi connectivity index (χ1) is 16.3. The van der Waals surface area contributed by atoms with Crippen molar-refractivity contribution in [2.75, 3.05) is 25.6 Å². The van der Waals surface area contributed by atoms with Gasteiger partial charge >= 0.3 is 0 Å². The highest BCUT2D eigenvalue weighted by molar-refractivity contribution is 6.00. The number of hydrogen-bond donors (Lipinski definition) is 2. The Morgan fingerprint density at radius 3 is 2.79 bits per heavy atom. The lowest BCUT2D eigenvalue weighted by molar-refractivity contribution is 0.132. The van der Waals surface area contributed by atoms with Crippen molar-refractivity contribution < 1.29 is 9.47 Å². The van der Waals surface area contributed by atoms with E-state index in [2.05, 4.69) is 27.1 Å². The Hall–Kier alpha value is -3.86. The summed E-state index contributed by atoms with van der Waals surface area (Å²) in [4.78, 5) is 8.67. The number of fused-ring (bicyclic) bond motifs is 1. The van der Waals surface area contributed by atoms with Gasteiger partial charge < -0.3 is 19.8 Å². The van der Waals surface area contributed by atoms with Gasteiger partial charge in [-0.25, -0.2) is 9.97 Å². The minimum Gasteiger partial charge on any atom is -0.489 e. The molecule has 0 saturated heterocycles. The third-order valence-corrected chi connectivity index (χ3v) is 5.07. The van der Waals surface area contributed by atoms with Crippen LogP contribution in [0.4, 0.5) is 5.82 Å². The number of ether oxygens (including phenoxy) is 2. The minimum absolute atomic E-state index is 0.440. The molecular weight excluding hydrogens is 414 g/mol. The molecular formula is C26H27N5O2. The molecule has 4 aromatic rings. The van der Waals surface area contributed by atoms with Crippen LogP contribution in [0.15, 0.2) is 67.1 Å². The molecule has 0 aliphatic carbocycles. The van der Waals surface area contributed by atoms with Crippen molar-refractivity contribution >= 4 is 16.9 Å². The van der Waals surface area contributed by atoms with Crippen LogP contribution in [-0.4, -0.2) is 34.4 Å². The van der Waals surface area contributed by atoms with Crippen molar-refractivity contribution in [2.45, 2.75) is 20.1 Å². The molecule has 0 fully saturated rings. The highest BCUT2D eigenvalue weighted by atomic mass is 16.5. The van der Waals surface area contributed by atoms with E-state index in [0.29, 0.717) is 38.9 Å². The predicted molar refractivity (Wildman–Crippen MR) is 130 cm³/mol. The monoisotopic (exact) mass is 441 g/mol. The van der Waals surface area contributed by atoms with E-state index in [9.17, 15) is 0 Å². The van der Waals surface area contributed by atoms with Crippen LogP contribution in [-0.2, 0) is 17.9 Å². The van der Waals surface area contributed by atoms with Gasteiger partial charge in [0.2, 0.25) is 0 Å². The van der Waals surface area contributed by atoms with Crippen LogP contribution in [0.3, 0.4) is 0 Å². The Morgan fingerprint density at radius 1 is 1.06 bits per heavy atom. The van der Waals surface area contributed by atoms with Crippen molar-refractivity contribution in [1.29, 1.82) is 0 Å². The Bertz CT molecular complexity index is 1260. The average molecular weight is 442 g/mol. The first-order valence-corrected chi connectivity index (χ1v) is 10.9. The second-order valence-corrected chi connectivity index (χ2v) is 7.35. The molecule has 4 rings (SSSR count). The maximum absolute atomic E-state index is 6.25. The van der Waals surface area contributed by atoms with Crippen molar-refractivity contribution in [3.63, 3.8) is 0 Å². The van der Waals surface area contributed by atoms with Crippen molar-refractivity contribution in [1.82, 2.24) is 19.9 Å². The van der Waals surface area contributed by atoms with Gasteiger partial charge in [0.05, 0.1) is 25.2 Å². The number of nitrogens with one attached hydrogen (secondary N) is 1. The lowest BCUT2D eigenvalue weighted by Crippen LogP contribution is -2.17. The third-order valence-electron chi connectivity index (χ3n) is 5.07. The molecule has 0 aliphatic heterocycles. The van der Waals surface area contributed by atoms with E-state index >= 15 is 0 Å². The van der Waals surface area contributed by atoms with E-state index in [-0.39, 0.29) is 0 Å². The molecule has 0 bridgehead atoms. The third kappa shape index (κ3) is 5.69. The van der Waals surface area contributed by atoms with Gasteiger partial charge in [-0.2, -0.15) is 0 Å². The Morgan fingerprint density at radius 2 is 1.94 bits per heavy atom. The van der Waals surface area contributed by atoms with Gasteiger partial charge in [-0.1, -0.05) is 54.3 Å². The zero-order valence-electron chi connectivity index (χ0n) is 18.6. The maximum Gasteiger partial charge on any atom is 0.146 e. The normalized spacial score (nSPS) is 10.7. The lowest BCUT2D eigenvalue weighted by atomic mass is 10.1. The standard InChI is InChI=1S/C26H27N5O2/c1-2-32-19-28-13-6-7-14-31-16-23(24-25(27)29-18-30-26(24)31)21-11-8-12-22(15-21)33-17-20-9-4-3-5-10-20/h3-5,8-12,15-16,18,28H,2,13-14,17,19H2,1H3,(H2,27,29,30). The summed E-state index contributed by atoms with van der Waals surface area (Å²) in [5.74, 6) is 7.51. The minimum atomic E-state index is 0.440. The van der Waals surface area contributed by atoms with E-state index in [4.69, 9.17) is 15.2 Å². The van der Waals surface area contributed by atoms with Crippen LogP contribution in [0, 0.1) is 11.8 Å². The maximum atomic E-state index is 6.25. The molecule has 7 heteroatoms. The fraction of sp³-hybridized carbons (Fsp3) is 0.231. The van der Waals surface area contributed by atoms with Gasteiger partial charge in [-0.05, 0) is 30.2 Å². The number of aromatic nitrogens is 3. The van der Waals surface area contributed by atoms with Gasteiger partial charge in [0.1, 0.15) is 30.1 Å². The lowest BCUT2D eigenvalue weighted by Gasteiger charge is -2.08. The van der Waals surface area contributed by atoms with Gasteiger partial charge in [-0.3, -0.25) is 5.32 Å². The summed E-state index contributed by atoms with van der Waals surface area (Å²) in [5.41, 5.74) is 10.1. The molecule has 168 valence electrons. The fourth-order valence-electron chi connectivity index (χ4n) is 3.47. The second kappa shape index (κ2) is 11.1. The number of benzene rings is 2. The molecule has 2 aromatic heterocycles.